The van der Waals surface area contributed by atoms with E-state index < -0.39 is 5.54 Å². The molecule has 35 heavy (non-hydrogen) atoms. The topological polar surface area (TPSA) is 76.5 Å². The Kier molecular flexibility index (Phi) is 6.85. The van der Waals surface area contributed by atoms with Crippen molar-refractivity contribution in [3.8, 4) is 17.0 Å². The van der Waals surface area contributed by atoms with Crippen LogP contribution in [-0.4, -0.2) is 51.2 Å². The molecule has 1 aliphatic heterocycles. The van der Waals surface area contributed by atoms with Gasteiger partial charge in [0.15, 0.2) is 0 Å². The van der Waals surface area contributed by atoms with Crippen LogP contribution in [0, 0.1) is 0 Å². The Hall–Kier alpha value is -2.83. The average molecular weight is 479 g/mol. The largest absolute Gasteiger partial charge is 0.497 e. The molecule has 2 amide bonds. The molecule has 2 heterocycles. The van der Waals surface area contributed by atoms with Crippen LogP contribution in [-0.2, 0) is 11.3 Å². The van der Waals surface area contributed by atoms with Gasteiger partial charge < -0.3 is 15.0 Å². The summed E-state index contributed by atoms with van der Waals surface area (Å²) in [5.41, 5.74) is 1.28. The Bertz CT molecular complexity index is 1050. The number of nitrogens with zero attached hydrogens (tertiary/aromatic N) is 3. The Balaban J connectivity index is 1.49. The lowest BCUT2D eigenvalue weighted by Gasteiger charge is -2.47. The summed E-state index contributed by atoms with van der Waals surface area (Å²) in [6.07, 6.45) is 12.1. The molecule has 5 rings (SSSR count). The van der Waals surface area contributed by atoms with Crippen LogP contribution in [0.2, 0.25) is 0 Å². The number of carbonyl (C=O) groups excluding carboxylic acids is 2. The number of nitrogens with one attached hydrogen (secondary N) is 1. The monoisotopic (exact) mass is 478 g/mol. The summed E-state index contributed by atoms with van der Waals surface area (Å²) in [5, 5.41) is 8.13. The summed E-state index contributed by atoms with van der Waals surface area (Å²) in [6.45, 7) is 2.32. The Morgan fingerprint density at radius 2 is 1.63 bits per heavy atom. The number of ether oxygens (including phenoxy) is 1. The fourth-order valence-electron chi connectivity index (χ4n) is 6.18. The highest BCUT2D eigenvalue weighted by atomic mass is 16.5. The van der Waals surface area contributed by atoms with E-state index in [0.717, 1.165) is 68.4 Å². The molecular weight excluding hydrogens is 440 g/mol. The molecule has 0 spiro atoms. The van der Waals surface area contributed by atoms with E-state index in [4.69, 9.17) is 9.84 Å². The molecule has 0 radical (unpaired) electrons. The molecule has 1 aromatic carbocycles. The van der Waals surface area contributed by atoms with Gasteiger partial charge in [0.25, 0.3) is 5.91 Å². The number of aromatic nitrogens is 2. The van der Waals surface area contributed by atoms with E-state index >= 15 is 0 Å². The van der Waals surface area contributed by atoms with Crippen molar-refractivity contribution in [3.05, 3.63) is 36.0 Å². The molecule has 0 bridgehead atoms. The predicted octanol–water partition coefficient (Wildman–Crippen LogP) is 4.94. The van der Waals surface area contributed by atoms with Gasteiger partial charge in [-0.1, -0.05) is 44.9 Å². The van der Waals surface area contributed by atoms with Crippen molar-refractivity contribution in [1.82, 2.24) is 20.0 Å². The highest BCUT2D eigenvalue weighted by Crippen LogP contribution is 2.36. The molecule has 2 aromatic rings. The predicted molar refractivity (Wildman–Crippen MR) is 135 cm³/mol. The third-order valence-electron chi connectivity index (χ3n) is 8.21. The van der Waals surface area contributed by atoms with Crippen LogP contribution in [0.25, 0.3) is 11.3 Å². The van der Waals surface area contributed by atoms with Gasteiger partial charge >= 0.3 is 0 Å². The van der Waals surface area contributed by atoms with Gasteiger partial charge in [-0.2, -0.15) is 5.10 Å². The van der Waals surface area contributed by atoms with Crippen LogP contribution in [0.5, 0.6) is 5.75 Å². The van der Waals surface area contributed by atoms with Crippen molar-refractivity contribution >= 4 is 11.8 Å². The maximum Gasteiger partial charge on any atom is 0.273 e. The normalized spacial score (nSPS) is 24.1. The summed E-state index contributed by atoms with van der Waals surface area (Å²) in [7, 11) is 1.64. The third-order valence-corrected chi connectivity index (χ3v) is 8.21. The van der Waals surface area contributed by atoms with Gasteiger partial charge in [-0.25, -0.2) is 0 Å². The number of methoxy groups -OCH3 is 1. The van der Waals surface area contributed by atoms with E-state index in [1.807, 2.05) is 42.2 Å². The second-order valence-electron chi connectivity index (χ2n) is 10.7. The van der Waals surface area contributed by atoms with E-state index in [2.05, 4.69) is 5.32 Å². The number of hydrogen-bond acceptors (Lipinski definition) is 4. The maximum atomic E-state index is 14.1. The molecule has 2 aliphatic carbocycles. The van der Waals surface area contributed by atoms with Crippen LogP contribution >= 0.6 is 0 Å². The maximum absolute atomic E-state index is 14.1. The van der Waals surface area contributed by atoms with Gasteiger partial charge in [-0.15, -0.1) is 0 Å². The van der Waals surface area contributed by atoms with E-state index in [1.165, 1.54) is 19.3 Å². The van der Waals surface area contributed by atoms with Gasteiger partial charge in [0.1, 0.15) is 17.0 Å². The summed E-state index contributed by atoms with van der Waals surface area (Å²) < 4.78 is 7.04. The smallest absolute Gasteiger partial charge is 0.273 e. The number of rotatable bonds is 5. The highest BCUT2D eigenvalue weighted by Gasteiger charge is 2.51. The zero-order chi connectivity index (χ0) is 24.4. The van der Waals surface area contributed by atoms with Gasteiger partial charge in [0.05, 0.1) is 19.3 Å². The number of benzene rings is 1. The second-order valence-corrected chi connectivity index (χ2v) is 10.7. The summed E-state index contributed by atoms with van der Waals surface area (Å²) >= 11 is 0. The Morgan fingerprint density at radius 3 is 2.29 bits per heavy atom. The van der Waals surface area contributed by atoms with Gasteiger partial charge in [-0.05, 0) is 62.9 Å². The molecule has 7 nitrogen and oxygen atoms in total. The lowest BCUT2D eigenvalue weighted by Crippen LogP contribution is -2.67. The van der Waals surface area contributed by atoms with Crippen LogP contribution < -0.4 is 10.1 Å². The average Bonchev–Trinajstić information content (AvgIpc) is 3.12. The van der Waals surface area contributed by atoms with Crippen molar-refractivity contribution < 1.29 is 14.3 Å². The van der Waals surface area contributed by atoms with Crippen LogP contribution in [0.15, 0.2) is 30.3 Å². The molecule has 2 fully saturated rings. The minimum atomic E-state index is -0.959. The SMILES string of the molecule is COc1ccc(-c2cc3n(n2)CC(C)(C(=O)NC2CCCCC2)N(C2CCCCCC2)C3=O)cc1. The van der Waals surface area contributed by atoms with E-state index in [9.17, 15) is 9.59 Å². The van der Waals surface area contributed by atoms with Gasteiger partial charge in [0, 0.05) is 17.6 Å². The first-order valence-electron chi connectivity index (χ1n) is 13.4. The van der Waals surface area contributed by atoms with Crippen LogP contribution in [0.1, 0.15) is 88.0 Å². The second kappa shape index (κ2) is 10.0. The lowest BCUT2D eigenvalue weighted by molar-refractivity contribution is -0.135. The molecule has 2 saturated carbocycles. The number of amides is 2. The Labute approximate surface area is 208 Å². The molecule has 188 valence electrons. The number of hydrogen-bond donors (Lipinski definition) is 1. The van der Waals surface area contributed by atoms with Crippen molar-refractivity contribution in [1.29, 1.82) is 0 Å². The zero-order valence-electron chi connectivity index (χ0n) is 21.1. The van der Waals surface area contributed by atoms with Crippen LogP contribution in [0.4, 0.5) is 0 Å². The molecule has 1 atom stereocenters. The first-order valence-corrected chi connectivity index (χ1v) is 13.4. The van der Waals surface area contributed by atoms with Gasteiger partial charge in [0.2, 0.25) is 5.91 Å². The highest BCUT2D eigenvalue weighted by molar-refractivity contribution is 6.00. The number of carbonyl (C=O) groups is 2. The fraction of sp³-hybridized carbons (Fsp3) is 0.607. The van der Waals surface area contributed by atoms with Crippen LogP contribution in [0.3, 0.4) is 0 Å². The van der Waals surface area contributed by atoms with E-state index in [-0.39, 0.29) is 23.9 Å². The summed E-state index contributed by atoms with van der Waals surface area (Å²) in [6, 6.07) is 9.87. The molecule has 3 aliphatic rings. The van der Waals surface area contributed by atoms with Crippen molar-refractivity contribution in [2.24, 2.45) is 0 Å². The molecular formula is C28H38N4O3. The van der Waals surface area contributed by atoms with Crippen molar-refractivity contribution in [2.45, 2.75) is 102 Å². The molecule has 7 heteroatoms. The summed E-state index contributed by atoms with van der Waals surface area (Å²) in [4.78, 5) is 29.9. The quantitative estimate of drug-likeness (QED) is 0.617. The van der Waals surface area contributed by atoms with Crippen molar-refractivity contribution in [2.75, 3.05) is 7.11 Å². The minimum absolute atomic E-state index is 0.0332. The first-order chi connectivity index (χ1) is 17.0. The van der Waals surface area contributed by atoms with Crippen molar-refractivity contribution in [3.63, 3.8) is 0 Å². The third kappa shape index (κ3) is 4.69. The first kappa shape index (κ1) is 23.9. The molecule has 1 aromatic heterocycles. The van der Waals surface area contributed by atoms with Gasteiger partial charge in [-0.3, -0.25) is 14.3 Å². The van der Waals surface area contributed by atoms with E-state index in [1.54, 1.807) is 11.8 Å². The molecule has 0 saturated heterocycles. The Morgan fingerprint density at radius 1 is 1.00 bits per heavy atom. The molecule has 1 unspecified atom stereocenters. The minimum Gasteiger partial charge on any atom is -0.497 e. The van der Waals surface area contributed by atoms with E-state index in [0.29, 0.717) is 12.2 Å². The zero-order valence-corrected chi connectivity index (χ0v) is 21.1. The standard InChI is InChI=1S/C28H38N4O3/c1-28(27(34)29-21-10-6-5-7-11-21)19-31-25(26(33)32(28)22-12-8-3-4-9-13-22)18-24(30-31)20-14-16-23(35-2)17-15-20/h14-18,21-22H,3-13,19H2,1-2H3,(H,29,34). The summed E-state index contributed by atoms with van der Waals surface area (Å²) in [5.74, 6) is 0.672. The fourth-order valence-corrected chi connectivity index (χ4v) is 6.18. The lowest BCUT2D eigenvalue weighted by atomic mass is 9.89. The molecule has 1 N–H and O–H groups in total. The number of fused-ring (bicyclic) bond motifs is 1.